The number of nitrogens with zero attached hydrogens (tertiary/aromatic N) is 1. The van der Waals surface area contributed by atoms with Gasteiger partial charge in [0.05, 0.1) is 7.11 Å². The Bertz CT molecular complexity index is 966. The van der Waals surface area contributed by atoms with Crippen molar-refractivity contribution in [3.63, 3.8) is 0 Å². The van der Waals surface area contributed by atoms with Gasteiger partial charge in [-0.05, 0) is 62.9 Å². The molecule has 2 aromatic carbocycles. The van der Waals surface area contributed by atoms with E-state index in [2.05, 4.69) is 4.72 Å². The fourth-order valence-electron chi connectivity index (χ4n) is 3.13. The van der Waals surface area contributed by atoms with Gasteiger partial charge < -0.3 is 9.64 Å². The van der Waals surface area contributed by atoms with E-state index in [0.29, 0.717) is 17.2 Å². The zero-order valence-electron chi connectivity index (χ0n) is 16.6. The van der Waals surface area contributed by atoms with Gasteiger partial charge in [-0.3, -0.25) is 9.52 Å². The van der Waals surface area contributed by atoms with Crippen molar-refractivity contribution in [2.45, 2.75) is 37.6 Å². The summed E-state index contributed by atoms with van der Waals surface area (Å²) >= 11 is 0. The Kier molecular flexibility index (Phi) is 5.65. The number of rotatable bonds is 7. The maximum atomic E-state index is 12.9. The maximum Gasteiger partial charge on any atom is 0.265 e. The maximum absolute atomic E-state index is 12.9. The molecule has 1 fully saturated rings. The molecule has 0 radical (unpaired) electrons. The molecule has 28 heavy (non-hydrogen) atoms. The van der Waals surface area contributed by atoms with Gasteiger partial charge in [-0.15, -0.1) is 0 Å². The number of carbonyl (C=O) groups is 1. The molecule has 0 saturated heterocycles. The second-order valence-electron chi connectivity index (χ2n) is 7.33. The number of benzene rings is 2. The number of hydrogen-bond donors (Lipinski definition) is 1. The van der Waals surface area contributed by atoms with Crippen LogP contribution >= 0.6 is 0 Å². The second-order valence-corrected chi connectivity index (χ2v) is 8.98. The van der Waals surface area contributed by atoms with Crippen molar-refractivity contribution >= 4 is 21.6 Å². The highest BCUT2D eigenvalue weighted by Crippen LogP contribution is 2.35. The summed E-state index contributed by atoms with van der Waals surface area (Å²) in [6.45, 7) is 3.95. The normalized spacial score (nSPS) is 15.0. The molecule has 0 spiro atoms. The minimum absolute atomic E-state index is 0.0612. The Morgan fingerprint density at radius 3 is 2.39 bits per heavy atom. The third-order valence-electron chi connectivity index (χ3n) is 5.24. The first-order valence-electron chi connectivity index (χ1n) is 9.27. The van der Waals surface area contributed by atoms with Crippen LogP contribution in [0.1, 0.15) is 35.7 Å². The number of nitrogens with one attached hydrogen (secondary N) is 1. The summed E-state index contributed by atoms with van der Waals surface area (Å²) in [5.41, 5.74) is 1.80. The molecule has 1 aliphatic carbocycles. The molecule has 0 heterocycles. The summed E-state index contributed by atoms with van der Waals surface area (Å²) in [6, 6.07) is 11.7. The van der Waals surface area contributed by atoms with Crippen LogP contribution in [0.4, 0.5) is 5.69 Å². The van der Waals surface area contributed by atoms with Crippen LogP contribution in [0.3, 0.4) is 0 Å². The van der Waals surface area contributed by atoms with E-state index in [1.807, 2.05) is 26.0 Å². The molecule has 6 nitrogen and oxygen atoms in total. The lowest BCUT2D eigenvalue weighted by molar-refractivity contribution is 0.0727. The number of methoxy groups -OCH3 is 1. The predicted octanol–water partition coefficient (Wildman–Crippen LogP) is 3.67. The van der Waals surface area contributed by atoms with Crippen LogP contribution in [0.5, 0.6) is 5.75 Å². The molecule has 0 aliphatic heterocycles. The molecule has 150 valence electrons. The molecule has 7 heteroatoms. The second kappa shape index (κ2) is 7.83. The molecular formula is C21H26N2O4S. The van der Waals surface area contributed by atoms with Gasteiger partial charge in [0.25, 0.3) is 15.9 Å². The Morgan fingerprint density at radius 1 is 1.18 bits per heavy atom. The lowest BCUT2D eigenvalue weighted by Gasteiger charge is -2.25. The van der Waals surface area contributed by atoms with Gasteiger partial charge in [0.2, 0.25) is 0 Å². The fourth-order valence-corrected chi connectivity index (χ4v) is 4.39. The van der Waals surface area contributed by atoms with Crippen LogP contribution in [0.15, 0.2) is 47.4 Å². The van der Waals surface area contributed by atoms with E-state index in [0.717, 1.165) is 18.4 Å². The van der Waals surface area contributed by atoms with E-state index in [9.17, 15) is 13.2 Å². The van der Waals surface area contributed by atoms with Crippen LogP contribution in [0.25, 0.3) is 0 Å². The smallest absolute Gasteiger partial charge is 0.265 e. The molecule has 1 amide bonds. The summed E-state index contributed by atoms with van der Waals surface area (Å²) in [6.07, 6.45) is 2.25. The van der Waals surface area contributed by atoms with Gasteiger partial charge >= 0.3 is 0 Å². The number of anilines is 1. The first kappa shape index (κ1) is 20.2. The van der Waals surface area contributed by atoms with Crippen molar-refractivity contribution in [2.24, 2.45) is 5.92 Å². The molecule has 0 aromatic heterocycles. The van der Waals surface area contributed by atoms with Crippen molar-refractivity contribution < 1.29 is 17.9 Å². The molecular weight excluding hydrogens is 376 g/mol. The summed E-state index contributed by atoms with van der Waals surface area (Å²) in [4.78, 5) is 14.5. The van der Waals surface area contributed by atoms with Crippen molar-refractivity contribution in [2.75, 3.05) is 18.9 Å². The molecule has 0 bridgehead atoms. The first-order valence-corrected chi connectivity index (χ1v) is 10.8. The average molecular weight is 403 g/mol. The minimum atomic E-state index is -3.92. The van der Waals surface area contributed by atoms with E-state index in [1.54, 1.807) is 30.1 Å². The van der Waals surface area contributed by atoms with Gasteiger partial charge in [0, 0.05) is 24.3 Å². The number of sulfonamides is 1. The van der Waals surface area contributed by atoms with Crippen molar-refractivity contribution in [1.82, 2.24) is 4.90 Å². The van der Waals surface area contributed by atoms with E-state index < -0.39 is 10.0 Å². The first-order chi connectivity index (χ1) is 13.2. The SMILES string of the molecule is COc1ccc(C(=O)N(C)[C@H](C)C2CC2)cc1S(=O)(=O)Nc1ccc(C)cc1. The molecule has 3 rings (SSSR count). The monoisotopic (exact) mass is 402 g/mol. The molecule has 1 atom stereocenters. The van der Waals surface area contributed by atoms with Crippen molar-refractivity contribution in [3.8, 4) is 5.75 Å². The Hall–Kier alpha value is -2.54. The molecule has 0 unspecified atom stereocenters. The number of carbonyl (C=O) groups excluding carboxylic acids is 1. The molecule has 1 saturated carbocycles. The fraction of sp³-hybridized carbons (Fsp3) is 0.381. The number of aryl methyl sites for hydroxylation is 1. The third-order valence-corrected chi connectivity index (χ3v) is 6.64. The lowest BCUT2D eigenvalue weighted by Crippen LogP contribution is -2.36. The van der Waals surface area contributed by atoms with Gasteiger partial charge in [-0.1, -0.05) is 17.7 Å². The van der Waals surface area contributed by atoms with E-state index in [4.69, 9.17) is 4.74 Å². The van der Waals surface area contributed by atoms with E-state index >= 15 is 0 Å². The highest BCUT2D eigenvalue weighted by molar-refractivity contribution is 7.92. The molecule has 2 aromatic rings. The quantitative estimate of drug-likeness (QED) is 0.767. The highest BCUT2D eigenvalue weighted by atomic mass is 32.2. The van der Waals surface area contributed by atoms with Crippen LogP contribution in [-0.2, 0) is 10.0 Å². The van der Waals surface area contributed by atoms with Crippen LogP contribution in [0, 0.1) is 12.8 Å². The molecule has 1 aliphatic rings. The lowest BCUT2D eigenvalue weighted by atomic mass is 10.1. The van der Waals surface area contributed by atoms with Crippen LogP contribution < -0.4 is 9.46 Å². The summed E-state index contributed by atoms with van der Waals surface area (Å²) in [5.74, 6) is 0.515. The van der Waals surface area contributed by atoms with Gasteiger partial charge in [-0.2, -0.15) is 0 Å². The number of hydrogen-bond acceptors (Lipinski definition) is 4. The van der Waals surface area contributed by atoms with E-state index in [1.165, 1.54) is 19.2 Å². The van der Waals surface area contributed by atoms with Crippen molar-refractivity contribution in [1.29, 1.82) is 0 Å². The largest absolute Gasteiger partial charge is 0.495 e. The zero-order chi connectivity index (χ0) is 20.5. The van der Waals surface area contributed by atoms with Crippen molar-refractivity contribution in [3.05, 3.63) is 53.6 Å². The Balaban J connectivity index is 1.91. The summed E-state index contributed by atoms with van der Waals surface area (Å²) < 4.78 is 33.7. The van der Waals surface area contributed by atoms with Crippen LogP contribution in [0.2, 0.25) is 0 Å². The van der Waals surface area contributed by atoms with Crippen LogP contribution in [-0.4, -0.2) is 39.4 Å². The Morgan fingerprint density at radius 2 is 1.82 bits per heavy atom. The number of amides is 1. The Labute approximate surface area is 166 Å². The standard InChI is InChI=1S/C21H26N2O4S/c1-14-5-10-18(11-6-14)22-28(25,26)20-13-17(9-12-19(20)27-4)21(24)23(3)15(2)16-7-8-16/h5-6,9-13,15-16,22H,7-8H2,1-4H3/t15-/m1/s1. The third kappa shape index (κ3) is 4.30. The number of ether oxygens (including phenoxy) is 1. The predicted molar refractivity (Wildman–Crippen MR) is 109 cm³/mol. The molecule has 1 N–H and O–H groups in total. The van der Waals surface area contributed by atoms with Gasteiger partial charge in [0.1, 0.15) is 10.6 Å². The summed E-state index contributed by atoms with van der Waals surface area (Å²) in [7, 11) is -0.757. The minimum Gasteiger partial charge on any atom is -0.495 e. The topological polar surface area (TPSA) is 75.7 Å². The van der Waals surface area contributed by atoms with Gasteiger partial charge in [-0.25, -0.2) is 8.42 Å². The highest BCUT2D eigenvalue weighted by Gasteiger charge is 2.33. The van der Waals surface area contributed by atoms with Gasteiger partial charge in [0.15, 0.2) is 0 Å². The zero-order valence-corrected chi connectivity index (χ0v) is 17.4. The van der Waals surface area contributed by atoms with E-state index in [-0.39, 0.29) is 22.6 Å². The average Bonchev–Trinajstić information content (AvgIpc) is 3.52. The summed E-state index contributed by atoms with van der Waals surface area (Å²) in [5, 5.41) is 0.